The molecule has 0 radical (unpaired) electrons. The van der Waals surface area contributed by atoms with Crippen LogP contribution in [0.25, 0.3) is 0 Å². The molecule has 1 saturated heterocycles. The summed E-state index contributed by atoms with van der Waals surface area (Å²) < 4.78 is 5.41. The van der Waals surface area contributed by atoms with Crippen LogP contribution in [-0.4, -0.2) is 28.3 Å². The minimum Gasteiger partial charge on any atom is -0.459 e. The van der Waals surface area contributed by atoms with Crippen LogP contribution in [0.3, 0.4) is 0 Å². The number of allylic oxidation sites excluding steroid dienone is 1. The van der Waals surface area contributed by atoms with Crippen LogP contribution in [0.1, 0.15) is 39.2 Å². The second-order valence-electron chi connectivity index (χ2n) is 7.02. The third-order valence-electron chi connectivity index (χ3n) is 3.87. The largest absolute Gasteiger partial charge is 0.459 e. The zero-order chi connectivity index (χ0) is 18.0. The first-order valence-electron chi connectivity index (χ1n) is 7.93. The Morgan fingerprint density at radius 3 is 2.46 bits per heavy atom. The van der Waals surface area contributed by atoms with E-state index < -0.39 is 22.9 Å². The van der Waals surface area contributed by atoms with Gasteiger partial charge in [-0.15, -0.1) is 6.58 Å². The fourth-order valence-electron chi connectivity index (χ4n) is 2.75. The topological polar surface area (TPSA) is 63.7 Å². The predicted molar refractivity (Wildman–Crippen MR) is 89.7 cm³/mol. The van der Waals surface area contributed by atoms with Gasteiger partial charge in [-0.2, -0.15) is 0 Å². The highest BCUT2D eigenvalue weighted by molar-refractivity contribution is 6.16. The maximum Gasteiger partial charge on any atom is 0.323 e. The first kappa shape index (κ1) is 17.9. The van der Waals surface area contributed by atoms with Crippen molar-refractivity contribution in [3.63, 3.8) is 0 Å². The van der Waals surface area contributed by atoms with E-state index in [1.165, 1.54) is 6.08 Å². The van der Waals surface area contributed by atoms with Crippen molar-refractivity contribution in [3.8, 4) is 0 Å². The number of nitrogens with zero attached hydrogens (tertiary/aromatic N) is 1. The van der Waals surface area contributed by atoms with Crippen molar-refractivity contribution in [2.75, 3.05) is 0 Å². The third kappa shape index (κ3) is 3.55. The van der Waals surface area contributed by atoms with E-state index in [9.17, 15) is 14.4 Å². The number of carbonyl (C=O) groups excluding carboxylic acids is 3. The van der Waals surface area contributed by atoms with Crippen molar-refractivity contribution >= 4 is 17.8 Å². The smallest absolute Gasteiger partial charge is 0.323 e. The SMILES string of the molecule is C=CC[C@@]1(C(=O)OC(C)(C)C)CC(=O)N(Cc2ccccc2)C1=O. The average Bonchev–Trinajstić information content (AvgIpc) is 2.72. The van der Waals surface area contributed by atoms with Crippen molar-refractivity contribution < 1.29 is 19.1 Å². The molecule has 1 aliphatic rings. The van der Waals surface area contributed by atoms with E-state index in [1.807, 2.05) is 30.3 Å². The lowest BCUT2D eigenvalue weighted by atomic mass is 9.82. The van der Waals surface area contributed by atoms with Gasteiger partial charge in [0.1, 0.15) is 5.60 Å². The number of rotatable bonds is 5. The van der Waals surface area contributed by atoms with E-state index in [2.05, 4.69) is 6.58 Å². The van der Waals surface area contributed by atoms with Gasteiger partial charge in [0.25, 0.3) is 0 Å². The Labute approximate surface area is 142 Å². The molecular weight excluding hydrogens is 306 g/mol. The Balaban J connectivity index is 2.30. The number of amides is 2. The minimum atomic E-state index is -1.50. The maximum absolute atomic E-state index is 12.9. The molecular formula is C19H23NO4. The number of carbonyl (C=O) groups is 3. The van der Waals surface area contributed by atoms with E-state index in [0.717, 1.165) is 10.5 Å². The van der Waals surface area contributed by atoms with E-state index >= 15 is 0 Å². The number of esters is 1. The van der Waals surface area contributed by atoms with E-state index in [4.69, 9.17) is 4.74 Å². The van der Waals surface area contributed by atoms with Crippen LogP contribution in [0.2, 0.25) is 0 Å². The first-order chi connectivity index (χ1) is 11.2. The highest BCUT2D eigenvalue weighted by atomic mass is 16.6. The van der Waals surface area contributed by atoms with Crippen LogP contribution in [0.15, 0.2) is 43.0 Å². The second kappa shape index (κ2) is 6.59. The highest BCUT2D eigenvalue weighted by Crippen LogP contribution is 2.39. The quantitative estimate of drug-likeness (QED) is 0.361. The Kier molecular flexibility index (Phi) is 4.92. The molecule has 0 unspecified atom stereocenters. The highest BCUT2D eigenvalue weighted by Gasteiger charge is 2.57. The number of imide groups is 1. The van der Waals surface area contributed by atoms with Crippen molar-refractivity contribution in [3.05, 3.63) is 48.6 Å². The fourth-order valence-corrected chi connectivity index (χ4v) is 2.75. The molecule has 1 fully saturated rings. The van der Waals surface area contributed by atoms with E-state index in [0.29, 0.717) is 0 Å². The summed E-state index contributed by atoms with van der Waals surface area (Å²) in [5, 5.41) is 0. The summed E-state index contributed by atoms with van der Waals surface area (Å²) in [5.74, 6) is -1.54. The van der Waals surface area contributed by atoms with Gasteiger partial charge in [-0.05, 0) is 32.8 Å². The summed E-state index contributed by atoms with van der Waals surface area (Å²) in [4.78, 5) is 39.1. The Morgan fingerprint density at radius 1 is 1.29 bits per heavy atom. The van der Waals surface area contributed by atoms with Crippen molar-refractivity contribution in [1.82, 2.24) is 4.90 Å². The molecule has 5 heteroatoms. The third-order valence-corrected chi connectivity index (χ3v) is 3.87. The molecule has 0 aromatic heterocycles. The Morgan fingerprint density at radius 2 is 1.92 bits per heavy atom. The molecule has 24 heavy (non-hydrogen) atoms. The lowest BCUT2D eigenvalue weighted by molar-refractivity contribution is -0.170. The van der Waals surface area contributed by atoms with Gasteiger partial charge < -0.3 is 4.74 Å². The van der Waals surface area contributed by atoms with Gasteiger partial charge in [-0.1, -0.05) is 36.4 Å². The van der Waals surface area contributed by atoms with Crippen molar-refractivity contribution in [2.24, 2.45) is 5.41 Å². The second-order valence-corrected chi connectivity index (χ2v) is 7.02. The first-order valence-corrected chi connectivity index (χ1v) is 7.93. The lowest BCUT2D eigenvalue weighted by Gasteiger charge is -2.28. The molecule has 5 nitrogen and oxygen atoms in total. The molecule has 128 valence electrons. The monoisotopic (exact) mass is 329 g/mol. The molecule has 0 bridgehead atoms. The number of ether oxygens (including phenoxy) is 1. The molecule has 0 N–H and O–H groups in total. The van der Waals surface area contributed by atoms with Crippen LogP contribution < -0.4 is 0 Å². The van der Waals surface area contributed by atoms with Gasteiger partial charge in [0, 0.05) is 0 Å². The van der Waals surface area contributed by atoms with Gasteiger partial charge >= 0.3 is 5.97 Å². The maximum atomic E-state index is 12.9. The number of likely N-dealkylation sites (tertiary alicyclic amines) is 1. The predicted octanol–water partition coefficient (Wildman–Crippen LogP) is 2.85. The number of benzene rings is 1. The molecule has 1 atom stereocenters. The zero-order valence-electron chi connectivity index (χ0n) is 14.4. The molecule has 2 amide bonds. The summed E-state index contributed by atoms with van der Waals surface area (Å²) >= 11 is 0. The average molecular weight is 329 g/mol. The Bertz CT molecular complexity index is 660. The molecule has 1 aromatic rings. The summed E-state index contributed by atoms with van der Waals surface area (Å²) in [6, 6.07) is 9.21. The summed E-state index contributed by atoms with van der Waals surface area (Å²) in [5.41, 5.74) is -1.40. The van der Waals surface area contributed by atoms with E-state index in [-0.39, 0.29) is 25.3 Å². The summed E-state index contributed by atoms with van der Waals surface area (Å²) in [6.45, 7) is 8.97. The molecule has 0 saturated carbocycles. The van der Waals surface area contributed by atoms with E-state index in [1.54, 1.807) is 20.8 Å². The van der Waals surface area contributed by atoms with Crippen LogP contribution in [0.5, 0.6) is 0 Å². The lowest BCUT2D eigenvalue weighted by Crippen LogP contribution is -2.43. The van der Waals surface area contributed by atoms with Gasteiger partial charge in [0.15, 0.2) is 5.41 Å². The minimum absolute atomic E-state index is 0.0811. The standard InChI is InChI=1S/C19H23NO4/c1-5-11-19(17(23)24-18(2,3)4)12-15(21)20(16(19)22)13-14-9-7-6-8-10-14/h5-10H,1,11-13H2,2-4H3/t19-/m1/s1. The van der Waals surface area contributed by atoms with Crippen LogP contribution >= 0.6 is 0 Å². The van der Waals surface area contributed by atoms with Gasteiger partial charge in [-0.25, -0.2) is 0 Å². The van der Waals surface area contributed by atoms with Crippen LogP contribution in [-0.2, 0) is 25.7 Å². The normalized spacial score (nSPS) is 21.0. The van der Waals surface area contributed by atoms with Crippen molar-refractivity contribution in [1.29, 1.82) is 0 Å². The Hall–Kier alpha value is -2.43. The number of hydrogen-bond acceptors (Lipinski definition) is 4. The molecule has 0 aliphatic carbocycles. The molecule has 2 rings (SSSR count). The molecule has 1 aliphatic heterocycles. The summed E-state index contributed by atoms with van der Waals surface area (Å²) in [6.07, 6.45) is 1.39. The van der Waals surface area contributed by atoms with Crippen LogP contribution in [0.4, 0.5) is 0 Å². The number of hydrogen-bond donors (Lipinski definition) is 0. The van der Waals surface area contributed by atoms with Gasteiger partial charge in [0.05, 0.1) is 13.0 Å². The fraction of sp³-hybridized carbons (Fsp3) is 0.421. The summed E-state index contributed by atoms with van der Waals surface area (Å²) in [7, 11) is 0. The molecule has 1 heterocycles. The van der Waals surface area contributed by atoms with Gasteiger partial charge in [0.2, 0.25) is 11.8 Å². The van der Waals surface area contributed by atoms with Crippen LogP contribution in [0, 0.1) is 5.41 Å². The van der Waals surface area contributed by atoms with Gasteiger partial charge in [-0.3, -0.25) is 19.3 Å². The molecule has 1 aromatic carbocycles. The van der Waals surface area contributed by atoms with Crippen molar-refractivity contribution in [2.45, 2.75) is 45.8 Å². The zero-order valence-corrected chi connectivity index (χ0v) is 14.4. The molecule has 0 spiro atoms.